The van der Waals surface area contributed by atoms with Gasteiger partial charge in [-0.1, -0.05) is 0 Å². The van der Waals surface area contributed by atoms with Crippen molar-refractivity contribution in [2.75, 3.05) is 19.5 Å². The summed E-state index contributed by atoms with van der Waals surface area (Å²) in [6.07, 6.45) is -0.0868. The van der Waals surface area contributed by atoms with E-state index < -0.39 is 11.6 Å². The average Bonchev–Trinajstić information content (AvgIpc) is 2.47. The van der Waals surface area contributed by atoms with Crippen LogP contribution in [0.5, 0.6) is 5.75 Å². The van der Waals surface area contributed by atoms with Crippen LogP contribution in [0.15, 0.2) is 18.2 Å². The zero-order valence-corrected chi connectivity index (χ0v) is 13.9. The minimum atomic E-state index is -0.974. The molecule has 1 N–H and O–H groups in total. The van der Waals surface area contributed by atoms with E-state index in [9.17, 15) is 9.59 Å². The van der Waals surface area contributed by atoms with Gasteiger partial charge in [-0.2, -0.15) is 0 Å². The average molecular weight is 309 g/mol. The smallest absolute Gasteiger partial charge is 0.341 e. The van der Waals surface area contributed by atoms with E-state index in [1.165, 1.54) is 20.3 Å². The second kappa shape index (κ2) is 7.26. The highest BCUT2D eigenvalue weighted by Crippen LogP contribution is 2.25. The molecule has 1 amide bonds. The van der Waals surface area contributed by atoms with E-state index in [2.05, 4.69) is 5.32 Å². The molecule has 6 nitrogen and oxygen atoms in total. The number of nitrogens with one attached hydrogen (secondary N) is 1. The summed E-state index contributed by atoms with van der Waals surface area (Å²) in [6, 6.07) is 4.81. The maximum Gasteiger partial charge on any atom is 0.341 e. The molecule has 0 radical (unpaired) electrons. The summed E-state index contributed by atoms with van der Waals surface area (Å²) in [6.45, 7) is 7.02. The third-order valence-corrected chi connectivity index (χ3v) is 3.06. The predicted octanol–water partition coefficient (Wildman–Crippen LogP) is 2.62. The molecule has 1 aromatic rings. The van der Waals surface area contributed by atoms with Crippen LogP contribution in [-0.2, 0) is 14.3 Å². The number of carbonyl (C=O) groups excluding carboxylic acids is 2. The van der Waals surface area contributed by atoms with Crippen molar-refractivity contribution in [1.82, 2.24) is 0 Å². The van der Waals surface area contributed by atoms with Crippen molar-refractivity contribution in [2.24, 2.45) is 0 Å². The van der Waals surface area contributed by atoms with Gasteiger partial charge in [0.05, 0.1) is 13.2 Å². The molecule has 1 rings (SSSR count). The number of hydrogen-bond acceptors (Lipinski definition) is 5. The first-order valence-corrected chi connectivity index (χ1v) is 6.97. The summed E-state index contributed by atoms with van der Waals surface area (Å²) in [4.78, 5) is 24.0. The van der Waals surface area contributed by atoms with E-state index in [1.807, 2.05) is 13.8 Å². The third-order valence-electron chi connectivity index (χ3n) is 3.06. The van der Waals surface area contributed by atoms with Crippen LogP contribution in [0.1, 0.15) is 38.1 Å². The van der Waals surface area contributed by atoms with Crippen molar-refractivity contribution in [3.8, 4) is 5.75 Å². The Morgan fingerprint density at radius 2 is 1.82 bits per heavy atom. The molecule has 0 aromatic heterocycles. The van der Waals surface area contributed by atoms with E-state index in [-0.39, 0.29) is 17.6 Å². The Bertz CT molecular complexity index is 551. The van der Waals surface area contributed by atoms with Gasteiger partial charge in [-0.25, -0.2) is 4.79 Å². The topological polar surface area (TPSA) is 73.9 Å². The van der Waals surface area contributed by atoms with E-state index in [0.29, 0.717) is 11.4 Å². The second-order valence-corrected chi connectivity index (χ2v) is 5.54. The van der Waals surface area contributed by atoms with Crippen LogP contribution in [0.4, 0.5) is 5.69 Å². The fourth-order valence-corrected chi connectivity index (χ4v) is 1.61. The fourth-order valence-electron chi connectivity index (χ4n) is 1.61. The van der Waals surface area contributed by atoms with E-state index in [1.54, 1.807) is 26.0 Å². The maximum absolute atomic E-state index is 12.1. The van der Waals surface area contributed by atoms with Gasteiger partial charge >= 0.3 is 5.97 Å². The molecule has 22 heavy (non-hydrogen) atoms. The minimum absolute atomic E-state index is 0.0868. The predicted molar refractivity (Wildman–Crippen MR) is 83.3 cm³/mol. The Morgan fingerprint density at radius 1 is 1.18 bits per heavy atom. The third kappa shape index (κ3) is 4.46. The van der Waals surface area contributed by atoms with E-state index in [4.69, 9.17) is 14.2 Å². The maximum atomic E-state index is 12.1. The van der Waals surface area contributed by atoms with Crippen molar-refractivity contribution in [1.29, 1.82) is 0 Å². The number of ether oxygens (including phenoxy) is 3. The van der Waals surface area contributed by atoms with Gasteiger partial charge in [0.15, 0.2) is 0 Å². The van der Waals surface area contributed by atoms with Crippen LogP contribution in [0, 0.1) is 0 Å². The highest BCUT2D eigenvalue weighted by molar-refractivity contribution is 5.99. The Morgan fingerprint density at radius 3 is 2.32 bits per heavy atom. The number of anilines is 1. The molecule has 0 fully saturated rings. The summed E-state index contributed by atoms with van der Waals surface area (Å²) in [5.41, 5.74) is -0.255. The van der Waals surface area contributed by atoms with Crippen LogP contribution in [0.3, 0.4) is 0 Å². The Balaban J connectivity index is 3.09. The molecule has 0 spiro atoms. The van der Waals surface area contributed by atoms with Gasteiger partial charge < -0.3 is 19.5 Å². The largest absolute Gasteiger partial charge is 0.490 e. The molecule has 122 valence electrons. The first kappa shape index (κ1) is 18.0. The van der Waals surface area contributed by atoms with Gasteiger partial charge in [-0.15, -0.1) is 0 Å². The molecular weight excluding hydrogens is 286 g/mol. The van der Waals surface area contributed by atoms with Gasteiger partial charge in [0.2, 0.25) is 0 Å². The second-order valence-electron chi connectivity index (χ2n) is 5.54. The lowest BCUT2D eigenvalue weighted by Gasteiger charge is -2.22. The molecule has 0 saturated heterocycles. The normalized spacial score (nSPS) is 11.2. The van der Waals surface area contributed by atoms with E-state index >= 15 is 0 Å². The molecule has 0 atom stereocenters. The SMILES string of the molecule is COC(=O)c1cc(NC(=O)C(C)(C)OC)ccc1OC(C)C. The molecule has 0 heterocycles. The minimum Gasteiger partial charge on any atom is -0.490 e. The van der Waals surface area contributed by atoms with Crippen LogP contribution in [0.2, 0.25) is 0 Å². The van der Waals surface area contributed by atoms with Crippen LogP contribution >= 0.6 is 0 Å². The zero-order chi connectivity index (χ0) is 16.9. The van der Waals surface area contributed by atoms with Crippen LogP contribution < -0.4 is 10.1 Å². The summed E-state index contributed by atoms with van der Waals surface area (Å²) in [5.74, 6) is -0.438. The summed E-state index contributed by atoms with van der Waals surface area (Å²) < 4.78 is 15.4. The standard InChI is InChI=1S/C16H23NO5/c1-10(2)22-13-8-7-11(9-12(13)14(18)20-5)17-15(19)16(3,4)21-6/h7-10H,1-6H3,(H,17,19). The van der Waals surface area contributed by atoms with Gasteiger partial charge in [-0.3, -0.25) is 4.79 Å². The van der Waals surface area contributed by atoms with Crippen LogP contribution in [-0.4, -0.2) is 37.8 Å². The quantitative estimate of drug-likeness (QED) is 0.818. The zero-order valence-electron chi connectivity index (χ0n) is 13.9. The molecule has 0 aliphatic rings. The first-order valence-electron chi connectivity index (χ1n) is 6.97. The number of rotatable bonds is 6. The van der Waals surface area contributed by atoms with E-state index in [0.717, 1.165) is 0 Å². The number of amides is 1. The van der Waals surface area contributed by atoms with Gasteiger partial charge in [0.25, 0.3) is 5.91 Å². The fraction of sp³-hybridized carbons (Fsp3) is 0.500. The van der Waals surface area contributed by atoms with Crippen molar-refractivity contribution in [2.45, 2.75) is 39.4 Å². The van der Waals surface area contributed by atoms with Crippen LogP contribution in [0.25, 0.3) is 0 Å². The van der Waals surface area contributed by atoms with Gasteiger partial charge in [0.1, 0.15) is 16.9 Å². The number of methoxy groups -OCH3 is 2. The summed E-state index contributed by atoms with van der Waals surface area (Å²) >= 11 is 0. The van der Waals surface area contributed by atoms with Gasteiger partial charge in [0, 0.05) is 12.8 Å². The first-order chi connectivity index (χ1) is 10.2. The molecule has 0 unspecified atom stereocenters. The van der Waals surface area contributed by atoms with Crippen molar-refractivity contribution in [3.63, 3.8) is 0 Å². The monoisotopic (exact) mass is 309 g/mol. The molecule has 0 aliphatic heterocycles. The Kier molecular flexibility index (Phi) is 5.93. The number of esters is 1. The summed E-state index contributed by atoms with van der Waals surface area (Å²) in [5, 5.41) is 2.71. The highest BCUT2D eigenvalue weighted by atomic mass is 16.5. The number of carbonyl (C=O) groups is 2. The van der Waals surface area contributed by atoms with Crippen molar-refractivity contribution in [3.05, 3.63) is 23.8 Å². The molecule has 0 saturated carbocycles. The molecule has 6 heteroatoms. The molecule has 0 bridgehead atoms. The molecule has 1 aromatic carbocycles. The molecular formula is C16H23NO5. The lowest BCUT2D eigenvalue weighted by Crippen LogP contribution is -2.38. The lowest BCUT2D eigenvalue weighted by molar-refractivity contribution is -0.133. The molecule has 0 aliphatic carbocycles. The summed E-state index contributed by atoms with van der Waals surface area (Å²) in [7, 11) is 2.75. The Labute approximate surface area is 130 Å². The number of hydrogen-bond donors (Lipinski definition) is 1. The lowest BCUT2D eigenvalue weighted by atomic mass is 10.1. The Hall–Kier alpha value is -2.08. The number of benzene rings is 1. The highest BCUT2D eigenvalue weighted by Gasteiger charge is 2.27. The van der Waals surface area contributed by atoms with Crippen molar-refractivity contribution >= 4 is 17.6 Å². The van der Waals surface area contributed by atoms with Gasteiger partial charge in [-0.05, 0) is 45.9 Å². The van der Waals surface area contributed by atoms with Crippen molar-refractivity contribution < 1.29 is 23.8 Å².